The van der Waals surface area contributed by atoms with Gasteiger partial charge in [0.2, 0.25) is 0 Å². The molecule has 0 unspecified atom stereocenters. The maximum Gasteiger partial charge on any atom is 0.328 e. The zero-order valence-electron chi connectivity index (χ0n) is 17.7. The van der Waals surface area contributed by atoms with E-state index in [-0.39, 0.29) is 22.7 Å². The van der Waals surface area contributed by atoms with E-state index in [4.69, 9.17) is 5.11 Å². The van der Waals surface area contributed by atoms with E-state index in [2.05, 4.69) is 22.9 Å². The van der Waals surface area contributed by atoms with Gasteiger partial charge in [0.15, 0.2) is 0 Å². The molecule has 0 radical (unpaired) electrons. The fourth-order valence-corrected chi connectivity index (χ4v) is 6.36. The van der Waals surface area contributed by atoms with Crippen LogP contribution in [0.5, 0.6) is 0 Å². The zero-order chi connectivity index (χ0) is 22.2. The van der Waals surface area contributed by atoms with E-state index in [1.54, 1.807) is 0 Å². The summed E-state index contributed by atoms with van der Waals surface area (Å²) in [6.45, 7) is 2.16. The lowest BCUT2D eigenvalue weighted by Crippen LogP contribution is -2.71. The summed E-state index contributed by atoms with van der Waals surface area (Å²) in [4.78, 5) is 16.7. The van der Waals surface area contributed by atoms with Gasteiger partial charge in [-0.1, -0.05) is 18.2 Å². The molecular formula is C26H24F2N2O2. The second-order valence-electron chi connectivity index (χ2n) is 9.70. The number of aliphatic carboxylic acids is 1. The Labute approximate surface area is 184 Å². The van der Waals surface area contributed by atoms with E-state index < -0.39 is 23.6 Å². The first kappa shape index (κ1) is 19.7. The van der Waals surface area contributed by atoms with Crippen LogP contribution in [-0.2, 0) is 11.2 Å². The maximum absolute atomic E-state index is 15.5. The van der Waals surface area contributed by atoms with Crippen molar-refractivity contribution in [1.82, 2.24) is 9.88 Å². The van der Waals surface area contributed by atoms with Crippen molar-refractivity contribution in [1.29, 1.82) is 0 Å². The third-order valence-electron chi connectivity index (χ3n) is 7.72. The Morgan fingerprint density at radius 1 is 1.19 bits per heavy atom. The van der Waals surface area contributed by atoms with Crippen LogP contribution in [-0.4, -0.2) is 32.5 Å². The van der Waals surface area contributed by atoms with E-state index >= 15 is 8.78 Å². The van der Waals surface area contributed by atoms with E-state index in [1.807, 2.05) is 18.2 Å². The predicted molar refractivity (Wildman–Crippen MR) is 118 cm³/mol. The molecule has 32 heavy (non-hydrogen) atoms. The molecule has 3 saturated carbocycles. The minimum Gasteiger partial charge on any atom is -0.478 e. The average Bonchev–Trinajstić information content (AvgIpc) is 3.04. The summed E-state index contributed by atoms with van der Waals surface area (Å²) < 4.78 is 31.1. The van der Waals surface area contributed by atoms with Crippen LogP contribution in [0.3, 0.4) is 0 Å². The van der Waals surface area contributed by atoms with Crippen molar-refractivity contribution in [3.8, 4) is 0 Å². The van der Waals surface area contributed by atoms with Crippen molar-refractivity contribution < 1.29 is 18.7 Å². The van der Waals surface area contributed by atoms with Gasteiger partial charge in [0.1, 0.15) is 11.6 Å². The lowest BCUT2D eigenvalue weighted by Gasteiger charge is -2.70. The molecule has 0 amide bonds. The zero-order valence-corrected chi connectivity index (χ0v) is 17.7. The van der Waals surface area contributed by atoms with Gasteiger partial charge in [-0.05, 0) is 73.9 Å². The van der Waals surface area contributed by atoms with Crippen LogP contribution in [0.25, 0.3) is 17.0 Å². The van der Waals surface area contributed by atoms with Crippen molar-refractivity contribution in [3.63, 3.8) is 0 Å². The summed E-state index contributed by atoms with van der Waals surface area (Å²) in [5.41, 5.74) is 3.25. The van der Waals surface area contributed by atoms with Crippen LogP contribution in [0.15, 0.2) is 42.5 Å². The standard InChI is InChI=1S/C26H24F2N2O2/c1-14-8-18-17-4-2-3-5-21(17)29-24(18)25(30(14)26-11-16(12-26)13-26)23-19(27)9-15(10-20(23)28)6-7-22(31)32/h2-7,9-10,14,16,25,29H,8,11-13H2,1H3,(H,31,32)/b7-6+/t14-,16?,25+,26?/m1/s1. The van der Waals surface area contributed by atoms with Crippen LogP contribution < -0.4 is 0 Å². The number of para-hydroxylation sites is 1. The van der Waals surface area contributed by atoms with Crippen molar-refractivity contribution in [2.45, 2.75) is 50.2 Å². The average molecular weight is 434 g/mol. The predicted octanol–water partition coefficient (Wildman–Crippen LogP) is 5.43. The number of benzene rings is 2. The van der Waals surface area contributed by atoms with Crippen molar-refractivity contribution >= 4 is 22.9 Å². The number of fused-ring (bicyclic) bond motifs is 3. The number of carboxylic acids is 1. The fourth-order valence-electron chi connectivity index (χ4n) is 6.36. The molecule has 1 aromatic heterocycles. The van der Waals surface area contributed by atoms with Gasteiger partial charge in [-0.2, -0.15) is 0 Å². The number of aromatic nitrogens is 1. The minimum atomic E-state index is -1.16. The van der Waals surface area contributed by atoms with Gasteiger partial charge in [-0.25, -0.2) is 13.6 Å². The second-order valence-corrected chi connectivity index (χ2v) is 9.70. The van der Waals surface area contributed by atoms with Gasteiger partial charge in [0, 0.05) is 39.8 Å². The first-order valence-corrected chi connectivity index (χ1v) is 11.1. The molecule has 0 spiro atoms. The van der Waals surface area contributed by atoms with Crippen LogP contribution in [0.1, 0.15) is 54.6 Å². The Kier molecular flexibility index (Phi) is 4.15. The Bertz CT molecular complexity index is 1250. The maximum atomic E-state index is 15.5. The minimum absolute atomic E-state index is 0.0183. The van der Waals surface area contributed by atoms with Gasteiger partial charge < -0.3 is 10.1 Å². The molecule has 2 N–H and O–H groups in total. The van der Waals surface area contributed by atoms with Gasteiger partial charge in [0.25, 0.3) is 0 Å². The lowest BCUT2D eigenvalue weighted by molar-refractivity contribution is -0.174. The molecule has 7 rings (SSSR count). The van der Waals surface area contributed by atoms with Crippen molar-refractivity contribution in [2.24, 2.45) is 5.92 Å². The van der Waals surface area contributed by atoms with Gasteiger partial charge in [-0.3, -0.25) is 4.90 Å². The Hall–Kier alpha value is -2.99. The molecule has 2 heterocycles. The van der Waals surface area contributed by atoms with Crippen LogP contribution in [0.2, 0.25) is 0 Å². The molecule has 3 aliphatic carbocycles. The highest BCUT2D eigenvalue weighted by Gasteiger charge is 2.63. The molecule has 164 valence electrons. The van der Waals surface area contributed by atoms with E-state index in [0.29, 0.717) is 0 Å². The van der Waals surface area contributed by atoms with Gasteiger partial charge in [0.05, 0.1) is 6.04 Å². The summed E-state index contributed by atoms with van der Waals surface area (Å²) >= 11 is 0. The summed E-state index contributed by atoms with van der Waals surface area (Å²) in [6, 6.07) is 10.1. The summed E-state index contributed by atoms with van der Waals surface area (Å²) in [5.74, 6) is -1.70. The number of hydrogen-bond acceptors (Lipinski definition) is 2. The number of carboxylic acid groups (broad SMARTS) is 1. The van der Waals surface area contributed by atoms with Gasteiger partial charge in [-0.15, -0.1) is 0 Å². The molecular weight excluding hydrogens is 410 g/mol. The Balaban J connectivity index is 1.54. The van der Waals surface area contributed by atoms with E-state index in [1.165, 1.54) is 18.2 Å². The van der Waals surface area contributed by atoms with E-state index in [0.717, 1.165) is 59.8 Å². The molecule has 2 atom stereocenters. The Morgan fingerprint density at radius 3 is 2.50 bits per heavy atom. The molecule has 3 aromatic rings. The number of nitrogens with one attached hydrogen (secondary N) is 1. The smallest absolute Gasteiger partial charge is 0.328 e. The molecule has 2 aromatic carbocycles. The number of aromatic amines is 1. The quantitative estimate of drug-likeness (QED) is 0.538. The lowest BCUT2D eigenvalue weighted by atomic mass is 9.48. The molecule has 6 heteroatoms. The summed E-state index contributed by atoms with van der Waals surface area (Å²) in [6.07, 6.45) is 6.21. The highest BCUT2D eigenvalue weighted by molar-refractivity contribution is 5.86. The largest absolute Gasteiger partial charge is 0.478 e. The Morgan fingerprint density at radius 2 is 1.88 bits per heavy atom. The van der Waals surface area contributed by atoms with Crippen molar-refractivity contribution in [2.75, 3.05) is 0 Å². The molecule has 2 bridgehead atoms. The number of carbonyl (C=O) groups is 1. The summed E-state index contributed by atoms with van der Waals surface area (Å²) in [7, 11) is 0. The topological polar surface area (TPSA) is 56.3 Å². The second kappa shape index (κ2) is 6.75. The van der Waals surface area contributed by atoms with Crippen LogP contribution in [0.4, 0.5) is 8.78 Å². The number of rotatable bonds is 4. The van der Waals surface area contributed by atoms with Crippen LogP contribution >= 0.6 is 0 Å². The summed E-state index contributed by atoms with van der Waals surface area (Å²) in [5, 5.41) is 9.97. The highest BCUT2D eigenvalue weighted by atomic mass is 19.1. The molecule has 3 fully saturated rings. The first-order chi connectivity index (χ1) is 15.4. The molecule has 1 aliphatic heterocycles. The highest BCUT2D eigenvalue weighted by Crippen LogP contribution is 2.64. The molecule has 0 saturated heterocycles. The normalized spacial score (nSPS) is 29.0. The SMILES string of the molecule is C[C@@H]1Cc2c([nH]c3ccccc23)[C@H](c2c(F)cc(/C=C/C(=O)O)cc2F)N1C12CC(C1)C2. The third kappa shape index (κ3) is 2.72. The third-order valence-corrected chi connectivity index (χ3v) is 7.72. The van der Waals surface area contributed by atoms with Crippen LogP contribution in [0, 0.1) is 17.6 Å². The molecule has 4 nitrogen and oxygen atoms in total. The first-order valence-electron chi connectivity index (χ1n) is 11.1. The number of nitrogens with zero attached hydrogens (tertiary/aromatic N) is 1. The van der Waals surface area contributed by atoms with E-state index in [9.17, 15) is 4.79 Å². The van der Waals surface area contributed by atoms with Crippen molar-refractivity contribution in [3.05, 3.63) is 76.5 Å². The number of hydrogen-bond donors (Lipinski definition) is 2. The number of halogens is 2. The molecule has 4 aliphatic rings. The monoisotopic (exact) mass is 434 g/mol. The number of H-pyrrole nitrogens is 1. The fraction of sp³-hybridized carbons (Fsp3) is 0.346. The van der Waals surface area contributed by atoms with Gasteiger partial charge >= 0.3 is 5.97 Å².